The van der Waals surface area contributed by atoms with Gasteiger partial charge in [0.25, 0.3) is 0 Å². The van der Waals surface area contributed by atoms with Crippen LogP contribution in [0.4, 0.5) is 18.9 Å². The Labute approximate surface area is 185 Å². The molecular weight excluding hydrogens is 415 g/mol. The van der Waals surface area contributed by atoms with Gasteiger partial charge >= 0.3 is 6.18 Å². The number of carbonyl (C=O) groups excluding carboxylic acids is 1. The van der Waals surface area contributed by atoms with E-state index < -0.39 is 23.3 Å². The summed E-state index contributed by atoms with van der Waals surface area (Å²) >= 11 is 0. The molecule has 1 aliphatic rings. The molecule has 0 heterocycles. The van der Waals surface area contributed by atoms with Crippen molar-refractivity contribution in [3.05, 3.63) is 95.1 Å². The average molecular weight is 439 g/mol. The highest BCUT2D eigenvalue weighted by molar-refractivity contribution is 6.00. The molecule has 0 aliphatic heterocycles. The van der Waals surface area contributed by atoms with Crippen LogP contribution >= 0.6 is 0 Å². The van der Waals surface area contributed by atoms with Crippen LogP contribution < -0.4 is 10.1 Å². The minimum Gasteiger partial charge on any atom is -0.490 e. The minimum absolute atomic E-state index is 0.0877. The van der Waals surface area contributed by atoms with Crippen LogP contribution in [0.15, 0.2) is 72.8 Å². The Bertz CT molecular complexity index is 1100. The summed E-state index contributed by atoms with van der Waals surface area (Å²) in [5.74, 6) is -0.581. The van der Waals surface area contributed by atoms with Crippen LogP contribution in [0.25, 0.3) is 0 Å². The van der Waals surface area contributed by atoms with Crippen molar-refractivity contribution < 1.29 is 22.7 Å². The molecule has 0 atom stereocenters. The van der Waals surface area contributed by atoms with Crippen LogP contribution in [0, 0.1) is 0 Å². The number of halogens is 3. The maximum absolute atomic E-state index is 13.6. The number of rotatable bonds is 5. The fraction of sp³-hybridized carbons (Fsp3) is 0.269. The molecule has 0 fully saturated rings. The maximum Gasteiger partial charge on any atom is 0.420 e. The Kier molecular flexibility index (Phi) is 5.71. The Morgan fingerprint density at radius 2 is 1.53 bits per heavy atom. The monoisotopic (exact) mass is 439 g/mol. The lowest BCUT2D eigenvalue weighted by molar-refractivity contribution is -0.139. The fourth-order valence-corrected chi connectivity index (χ4v) is 4.30. The summed E-state index contributed by atoms with van der Waals surface area (Å²) < 4.78 is 46.3. The zero-order valence-corrected chi connectivity index (χ0v) is 17.9. The van der Waals surface area contributed by atoms with E-state index in [-0.39, 0.29) is 17.3 Å². The first kappa shape index (κ1) is 21.9. The predicted molar refractivity (Wildman–Crippen MR) is 118 cm³/mol. The SMILES string of the molecule is CC(C)Oc1ccc(NC(=O)C2(c3ccccc3)Cc3ccccc3C2)cc1C(F)(F)F. The van der Waals surface area contributed by atoms with Crippen molar-refractivity contribution in [1.82, 2.24) is 0 Å². The number of benzene rings is 3. The van der Waals surface area contributed by atoms with Crippen molar-refractivity contribution in [2.75, 3.05) is 5.32 Å². The molecule has 32 heavy (non-hydrogen) atoms. The normalized spacial score (nSPS) is 14.8. The van der Waals surface area contributed by atoms with Gasteiger partial charge in [0.15, 0.2) is 0 Å². The standard InChI is InChI=1S/C26H24F3NO2/c1-17(2)32-23-13-12-21(14-22(23)26(27,28)29)30-24(31)25(20-10-4-3-5-11-20)15-18-8-6-7-9-19(18)16-25/h3-14,17H,15-16H2,1-2H3,(H,30,31). The maximum atomic E-state index is 13.6. The zero-order chi connectivity index (χ0) is 22.9. The van der Waals surface area contributed by atoms with E-state index in [0.717, 1.165) is 22.8 Å². The van der Waals surface area contributed by atoms with E-state index in [1.165, 1.54) is 12.1 Å². The molecule has 1 N–H and O–H groups in total. The van der Waals surface area contributed by atoms with Gasteiger partial charge in [-0.2, -0.15) is 13.2 Å². The number of hydrogen-bond acceptors (Lipinski definition) is 2. The molecule has 0 saturated carbocycles. The predicted octanol–water partition coefficient (Wildman–Crippen LogP) is 6.17. The largest absolute Gasteiger partial charge is 0.490 e. The Morgan fingerprint density at radius 1 is 0.938 bits per heavy atom. The first-order valence-electron chi connectivity index (χ1n) is 10.5. The van der Waals surface area contributed by atoms with Crippen LogP contribution in [-0.4, -0.2) is 12.0 Å². The molecule has 1 amide bonds. The highest BCUT2D eigenvalue weighted by atomic mass is 19.4. The quantitative estimate of drug-likeness (QED) is 0.517. The fourth-order valence-electron chi connectivity index (χ4n) is 4.30. The number of fused-ring (bicyclic) bond motifs is 1. The van der Waals surface area contributed by atoms with Crippen molar-refractivity contribution in [2.45, 2.75) is 44.4 Å². The molecule has 4 rings (SSSR count). The van der Waals surface area contributed by atoms with Gasteiger partial charge in [0.2, 0.25) is 5.91 Å². The van der Waals surface area contributed by atoms with E-state index in [0.29, 0.717) is 12.8 Å². The molecule has 0 saturated heterocycles. The molecule has 0 spiro atoms. The van der Waals surface area contributed by atoms with Crippen LogP contribution in [0.5, 0.6) is 5.75 Å². The van der Waals surface area contributed by atoms with Crippen molar-refractivity contribution in [2.24, 2.45) is 0 Å². The molecule has 0 unspecified atom stereocenters. The summed E-state index contributed by atoms with van der Waals surface area (Å²) in [6, 6.07) is 20.9. The van der Waals surface area contributed by atoms with E-state index in [1.807, 2.05) is 54.6 Å². The second-order valence-corrected chi connectivity index (χ2v) is 8.40. The third kappa shape index (κ3) is 4.22. The van der Waals surface area contributed by atoms with Crippen molar-refractivity contribution >= 4 is 11.6 Å². The highest BCUT2D eigenvalue weighted by Gasteiger charge is 2.45. The Morgan fingerprint density at radius 3 is 2.09 bits per heavy atom. The molecule has 0 radical (unpaired) electrons. The lowest BCUT2D eigenvalue weighted by Gasteiger charge is -2.29. The number of anilines is 1. The summed E-state index contributed by atoms with van der Waals surface area (Å²) in [5, 5.41) is 2.76. The zero-order valence-electron chi connectivity index (χ0n) is 17.9. The van der Waals surface area contributed by atoms with Crippen molar-refractivity contribution in [3.63, 3.8) is 0 Å². The van der Waals surface area contributed by atoms with Gasteiger partial charge in [-0.25, -0.2) is 0 Å². The van der Waals surface area contributed by atoms with Gasteiger partial charge in [-0.05, 0) is 61.6 Å². The van der Waals surface area contributed by atoms with Gasteiger partial charge in [-0.3, -0.25) is 4.79 Å². The molecule has 3 aromatic rings. The average Bonchev–Trinajstić information content (AvgIpc) is 3.15. The van der Waals surface area contributed by atoms with Crippen molar-refractivity contribution in [3.8, 4) is 5.75 Å². The van der Waals surface area contributed by atoms with Crippen molar-refractivity contribution in [1.29, 1.82) is 0 Å². The lowest BCUT2D eigenvalue weighted by atomic mass is 9.76. The van der Waals surface area contributed by atoms with Crippen LogP contribution in [0.1, 0.15) is 36.1 Å². The molecule has 166 valence electrons. The summed E-state index contributed by atoms with van der Waals surface area (Å²) in [6.45, 7) is 3.33. The summed E-state index contributed by atoms with van der Waals surface area (Å²) in [4.78, 5) is 13.6. The van der Waals surface area contributed by atoms with Gasteiger partial charge in [-0.15, -0.1) is 0 Å². The number of alkyl halides is 3. The molecule has 1 aliphatic carbocycles. The van der Waals surface area contributed by atoms with Crippen LogP contribution in [-0.2, 0) is 29.2 Å². The molecule has 3 aromatic carbocycles. The van der Waals surface area contributed by atoms with Gasteiger partial charge in [0, 0.05) is 5.69 Å². The first-order valence-corrected chi connectivity index (χ1v) is 10.5. The molecule has 0 bridgehead atoms. The Balaban J connectivity index is 1.70. The van der Waals surface area contributed by atoms with Gasteiger partial charge in [0.05, 0.1) is 17.1 Å². The van der Waals surface area contributed by atoms with E-state index in [2.05, 4.69) is 5.32 Å². The molecule has 0 aromatic heterocycles. The topological polar surface area (TPSA) is 38.3 Å². The Hall–Kier alpha value is -3.28. The first-order chi connectivity index (χ1) is 15.2. The molecular formula is C26H24F3NO2. The number of nitrogens with one attached hydrogen (secondary N) is 1. The van der Waals surface area contributed by atoms with E-state index in [4.69, 9.17) is 4.74 Å². The third-order valence-corrected chi connectivity index (χ3v) is 5.77. The van der Waals surface area contributed by atoms with Crippen LogP contribution in [0.2, 0.25) is 0 Å². The third-order valence-electron chi connectivity index (χ3n) is 5.77. The summed E-state index contributed by atoms with van der Waals surface area (Å²) in [5.41, 5.74) is 1.27. The smallest absolute Gasteiger partial charge is 0.420 e. The number of amides is 1. The summed E-state index contributed by atoms with van der Waals surface area (Å²) in [7, 11) is 0. The number of ether oxygens (including phenoxy) is 1. The molecule has 6 heteroatoms. The highest BCUT2D eigenvalue weighted by Crippen LogP contribution is 2.42. The van der Waals surface area contributed by atoms with E-state index >= 15 is 0 Å². The van der Waals surface area contributed by atoms with Crippen LogP contribution in [0.3, 0.4) is 0 Å². The number of hydrogen-bond donors (Lipinski definition) is 1. The van der Waals surface area contributed by atoms with Gasteiger partial charge in [0.1, 0.15) is 5.75 Å². The second-order valence-electron chi connectivity index (χ2n) is 8.40. The van der Waals surface area contributed by atoms with E-state index in [9.17, 15) is 18.0 Å². The van der Waals surface area contributed by atoms with E-state index in [1.54, 1.807) is 13.8 Å². The van der Waals surface area contributed by atoms with Gasteiger partial charge in [-0.1, -0.05) is 54.6 Å². The second kappa shape index (κ2) is 8.34. The molecule has 3 nitrogen and oxygen atoms in total. The summed E-state index contributed by atoms with van der Waals surface area (Å²) in [6.07, 6.45) is -4.04. The lowest BCUT2D eigenvalue weighted by Crippen LogP contribution is -2.41. The number of carbonyl (C=O) groups is 1. The van der Waals surface area contributed by atoms with Gasteiger partial charge < -0.3 is 10.1 Å². The minimum atomic E-state index is -4.61.